The van der Waals surface area contributed by atoms with E-state index in [1.807, 2.05) is 82.0 Å². The molecule has 3 fully saturated rings. The van der Waals surface area contributed by atoms with E-state index in [2.05, 4.69) is 25.7 Å². The van der Waals surface area contributed by atoms with Gasteiger partial charge in [0.1, 0.15) is 11.4 Å². The van der Waals surface area contributed by atoms with Crippen LogP contribution in [0, 0.1) is 0 Å². The lowest BCUT2D eigenvalue weighted by Gasteiger charge is -2.34. The van der Waals surface area contributed by atoms with Gasteiger partial charge in [0.25, 0.3) is 0 Å². The Morgan fingerprint density at radius 1 is 0.909 bits per heavy atom. The van der Waals surface area contributed by atoms with Gasteiger partial charge >= 0.3 is 6.03 Å². The molecule has 1 unspecified atom stereocenters. The Kier molecular flexibility index (Phi) is 8.42. The number of nitrogens with one attached hydrogen (secondary N) is 2. The Labute approximate surface area is 265 Å². The molecule has 3 atom stereocenters. The second kappa shape index (κ2) is 12.7. The molecule has 4 aromatic rings. The normalized spacial score (nSPS) is 21.8. The van der Waals surface area contributed by atoms with Gasteiger partial charge in [-0.3, -0.25) is 9.69 Å². The van der Waals surface area contributed by atoms with E-state index in [0.29, 0.717) is 47.8 Å². The van der Waals surface area contributed by atoms with Gasteiger partial charge in [-0.25, -0.2) is 9.48 Å². The van der Waals surface area contributed by atoms with Crippen molar-refractivity contribution in [2.45, 2.75) is 49.7 Å². The first-order valence-electron chi connectivity index (χ1n) is 15.3. The summed E-state index contributed by atoms with van der Waals surface area (Å²) >= 11 is 8.95. The summed E-state index contributed by atoms with van der Waals surface area (Å²) in [5.74, 6) is 1.19. The van der Waals surface area contributed by atoms with Crippen molar-refractivity contribution in [2.75, 3.05) is 31.9 Å². The van der Waals surface area contributed by atoms with Crippen LogP contribution in [0.4, 0.5) is 4.79 Å². The lowest BCUT2D eigenvalue weighted by Crippen LogP contribution is -2.49. The maximum atomic E-state index is 13.0. The number of hydrogen-bond acceptors (Lipinski definition) is 7. The molecule has 228 valence electrons. The van der Waals surface area contributed by atoms with Crippen molar-refractivity contribution in [3.8, 4) is 22.5 Å². The first-order chi connectivity index (χ1) is 21.5. The van der Waals surface area contributed by atoms with Crippen molar-refractivity contribution in [1.82, 2.24) is 40.4 Å². The lowest BCUT2D eigenvalue weighted by molar-refractivity contribution is -0.133. The van der Waals surface area contributed by atoms with Crippen LogP contribution in [0.3, 0.4) is 0 Å². The van der Waals surface area contributed by atoms with Crippen LogP contribution in [-0.2, 0) is 11.5 Å². The van der Waals surface area contributed by atoms with Gasteiger partial charge in [-0.15, -0.1) is 10.2 Å². The van der Waals surface area contributed by atoms with E-state index in [1.165, 1.54) is 0 Å². The minimum absolute atomic E-state index is 0.0501. The van der Waals surface area contributed by atoms with Crippen LogP contribution >= 0.6 is 23.4 Å². The van der Waals surface area contributed by atoms with Crippen LogP contribution in [0.2, 0.25) is 5.02 Å². The third-order valence-corrected chi connectivity index (χ3v) is 10.7. The first-order valence-corrected chi connectivity index (χ1v) is 16.7. The van der Waals surface area contributed by atoms with Crippen LogP contribution in [0.5, 0.6) is 0 Å². The Bertz CT molecular complexity index is 1640. The number of halogens is 1. The topological polar surface area (TPSA) is 108 Å². The predicted octanol–water partition coefficient (Wildman–Crippen LogP) is 4.64. The zero-order valence-corrected chi connectivity index (χ0v) is 25.9. The number of fused-ring (bicyclic) bond motifs is 2. The highest BCUT2D eigenvalue weighted by molar-refractivity contribution is 8.00. The van der Waals surface area contributed by atoms with Crippen molar-refractivity contribution >= 4 is 46.3 Å². The number of hydrogen-bond donors (Lipinski definition) is 2. The van der Waals surface area contributed by atoms with E-state index < -0.39 is 0 Å². The van der Waals surface area contributed by atoms with Gasteiger partial charge in [0.2, 0.25) is 5.91 Å². The summed E-state index contributed by atoms with van der Waals surface area (Å²) in [6.45, 7) is 3.42. The number of carbonyl (C=O) groups is 2. The second-order valence-corrected chi connectivity index (χ2v) is 13.3. The Balaban J connectivity index is 0.979. The van der Waals surface area contributed by atoms with E-state index in [1.54, 1.807) is 0 Å². The van der Waals surface area contributed by atoms with Gasteiger partial charge in [-0.2, -0.15) is 16.9 Å². The summed E-state index contributed by atoms with van der Waals surface area (Å²) in [6.07, 6.45) is 3.46. The number of urea groups is 1. The molecule has 3 amide bonds. The quantitative estimate of drug-likeness (QED) is 0.205. The number of nitrogens with zero attached hydrogens (tertiary/aromatic N) is 6. The van der Waals surface area contributed by atoms with Gasteiger partial charge in [0.15, 0.2) is 5.65 Å². The average Bonchev–Trinajstić information content (AvgIpc) is 3.73. The molecule has 10 nitrogen and oxygen atoms in total. The number of aromatic nitrogens is 4. The van der Waals surface area contributed by atoms with Crippen LogP contribution in [0.25, 0.3) is 33.5 Å². The van der Waals surface area contributed by atoms with Gasteiger partial charge < -0.3 is 15.5 Å². The molecule has 2 aromatic heterocycles. The largest absolute Gasteiger partial charge is 0.340 e. The van der Waals surface area contributed by atoms with E-state index in [4.69, 9.17) is 16.7 Å². The Hall–Kier alpha value is -3.67. The fraction of sp³-hybridized carbons (Fsp3) is 0.406. The SMILES string of the molecule is O=C1N[C@H]2CSC(CCCCC(=O)N3CCN(Cn4nc(-c5ccccc5)c5c(Cl)c(-c6ccccc6)nnc54)CC3)[C@H]2N1. The van der Waals surface area contributed by atoms with E-state index in [0.717, 1.165) is 60.3 Å². The van der Waals surface area contributed by atoms with Gasteiger partial charge in [0.05, 0.1) is 29.2 Å². The molecule has 3 aliphatic heterocycles. The minimum Gasteiger partial charge on any atom is -0.340 e. The zero-order chi connectivity index (χ0) is 30.0. The van der Waals surface area contributed by atoms with Gasteiger partial charge in [-0.1, -0.05) is 78.7 Å². The summed E-state index contributed by atoms with van der Waals surface area (Å²) in [4.78, 5) is 28.9. The van der Waals surface area contributed by atoms with Crippen molar-refractivity contribution in [2.24, 2.45) is 0 Å². The fourth-order valence-electron chi connectivity index (χ4n) is 6.44. The molecule has 3 saturated heterocycles. The monoisotopic (exact) mass is 630 g/mol. The predicted molar refractivity (Wildman–Crippen MR) is 173 cm³/mol. The summed E-state index contributed by atoms with van der Waals surface area (Å²) in [5, 5.41) is 21.9. The minimum atomic E-state index is -0.0501. The van der Waals surface area contributed by atoms with E-state index in [9.17, 15) is 9.59 Å². The molecule has 0 radical (unpaired) electrons. The van der Waals surface area contributed by atoms with Crippen LogP contribution in [0.15, 0.2) is 60.7 Å². The Morgan fingerprint density at radius 2 is 1.61 bits per heavy atom. The number of rotatable bonds is 9. The molecule has 2 aromatic carbocycles. The third kappa shape index (κ3) is 5.88. The maximum absolute atomic E-state index is 13.0. The molecule has 0 aliphatic carbocycles. The van der Waals surface area contributed by atoms with E-state index >= 15 is 0 Å². The highest BCUT2D eigenvalue weighted by atomic mass is 35.5. The summed E-state index contributed by atoms with van der Waals surface area (Å²) < 4.78 is 1.89. The van der Waals surface area contributed by atoms with Crippen molar-refractivity contribution < 1.29 is 9.59 Å². The standard InChI is InChI=1S/C32H35ClN8O2S/c33-27-26-28(21-9-3-1-4-10-21)38-41(31(26)37-36-29(27)22-11-5-2-6-12-22)20-39-15-17-40(18-16-39)25(42)14-8-7-13-24-30-23(19-44-24)34-32(43)35-30/h1-6,9-12,23-24,30H,7-8,13-20H2,(H2,34,35,43)/t23-,24?,30-/m0/s1. The van der Waals surface area contributed by atoms with Crippen molar-refractivity contribution in [3.63, 3.8) is 0 Å². The van der Waals surface area contributed by atoms with E-state index in [-0.39, 0.29) is 24.0 Å². The molecule has 2 N–H and O–H groups in total. The van der Waals surface area contributed by atoms with Gasteiger partial charge in [-0.05, 0) is 12.8 Å². The highest BCUT2D eigenvalue weighted by Crippen LogP contribution is 2.37. The van der Waals surface area contributed by atoms with Gasteiger partial charge in [0, 0.05) is 54.7 Å². The zero-order valence-electron chi connectivity index (χ0n) is 24.4. The first kappa shape index (κ1) is 29.1. The third-order valence-electron chi connectivity index (χ3n) is 8.82. The molecule has 12 heteroatoms. The molecule has 0 saturated carbocycles. The van der Waals surface area contributed by atoms with Crippen LogP contribution < -0.4 is 10.6 Å². The molecule has 0 bridgehead atoms. The Morgan fingerprint density at radius 3 is 2.34 bits per heavy atom. The van der Waals surface area contributed by atoms with Crippen molar-refractivity contribution in [1.29, 1.82) is 0 Å². The lowest BCUT2D eigenvalue weighted by atomic mass is 10.0. The number of amides is 3. The average molecular weight is 631 g/mol. The van der Waals surface area contributed by atoms with Crippen molar-refractivity contribution in [3.05, 3.63) is 65.7 Å². The molecule has 44 heavy (non-hydrogen) atoms. The summed E-state index contributed by atoms with van der Waals surface area (Å²) in [6, 6.07) is 20.3. The second-order valence-electron chi connectivity index (χ2n) is 11.6. The molecular formula is C32H35ClN8O2S. The maximum Gasteiger partial charge on any atom is 0.315 e. The molecular weight excluding hydrogens is 596 g/mol. The number of carbonyl (C=O) groups excluding carboxylic acids is 2. The smallest absolute Gasteiger partial charge is 0.315 e. The molecule has 0 spiro atoms. The number of piperazine rings is 1. The molecule has 5 heterocycles. The number of thioether (sulfide) groups is 1. The molecule has 7 rings (SSSR count). The fourth-order valence-corrected chi connectivity index (χ4v) is 8.31. The summed E-state index contributed by atoms with van der Waals surface area (Å²) in [7, 11) is 0. The van der Waals surface area contributed by atoms with Crippen LogP contribution in [-0.4, -0.2) is 91.0 Å². The summed E-state index contributed by atoms with van der Waals surface area (Å²) in [5.41, 5.74) is 3.94. The van der Waals surface area contributed by atoms with Crippen LogP contribution in [0.1, 0.15) is 25.7 Å². The number of unbranched alkanes of at least 4 members (excludes halogenated alkanes) is 1. The molecule has 3 aliphatic rings. The number of benzene rings is 2. The highest BCUT2D eigenvalue weighted by Gasteiger charge is 2.42.